The fraction of sp³-hybridized carbons (Fsp3) is 0.308. The van der Waals surface area contributed by atoms with Gasteiger partial charge in [0.05, 0.1) is 13.2 Å². The normalized spacial score (nSPS) is 16.9. The second kappa shape index (κ2) is 4.80. The van der Waals surface area contributed by atoms with Crippen LogP contribution in [0, 0.1) is 0 Å². The van der Waals surface area contributed by atoms with Crippen LogP contribution in [0.15, 0.2) is 30.5 Å². The number of hydrogen-bond donors (Lipinski definition) is 2. The molecule has 94 valence electrons. The van der Waals surface area contributed by atoms with Crippen LogP contribution in [0.25, 0.3) is 10.9 Å². The lowest BCUT2D eigenvalue weighted by Gasteiger charge is -2.26. The maximum absolute atomic E-state index is 12.1. The first-order valence-corrected chi connectivity index (χ1v) is 6.04. The second-order valence-corrected chi connectivity index (χ2v) is 4.32. The monoisotopic (exact) mass is 245 g/mol. The van der Waals surface area contributed by atoms with E-state index in [2.05, 4.69) is 10.4 Å². The van der Waals surface area contributed by atoms with Gasteiger partial charge in [0.1, 0.15) is 0 Å². The summed E-state index contributed by atoms with van der Waals surface area (Å²) in [7, 11) is 0. The summed E-state index contributed by atoms with van der Waals surface area (Å²) in [6.07, 6.45) is 1.87. The number of nitrogens with zero attached hydrogens (tertiary/aromatic N) is 1. The Morgan fingerprint density at radius 2 is 2.11 bits per heavy atom. The van der Waals surface area contributed by atoms with Crippen molar-refractivity contribution in [3.05, 3.63) is 36.0 Å². The standard InChI is InChI=1S/C13H15N3O2/c17-13(15-16-5-7-18-8-6-16)11-2-1-10-3-4-14-12(10)9-11/h1-4,9,14H,5-8H2,(H,15,17). The summed E-state index contributed by atoms with van der Waals surface area (Å²) in [5.74, 6) is -0.0756. The van der Waals surface area contributed by atoms with Crippen molar-refractivity contribution >= 4 is 16.8 Å². The van der Waals surface area contributed by atoms with E-state index in [9.17, 15) is 4.79 Å². The molecular weight excluding hydrogens is 230 g/mol. The minimum absolute atomic E-state index is 0.0756. The van der Waals surface area contributed by atoms with E-state index in [0.29, 0.717) is 18.8 Å². The molecule has 1 aromatic carbocycles. The number of amides is 1. The molecule has 0 radical (unpaired) electrons. The van der Waals surface area contributed by atoms with E-state index >= 15 is 0 Å². The predicted molar refractivity (Wildman–Crippen MR) is 68.2 cm³/mol. The molecule has 2 heterocycles. The molecule has 1 aliphatic rings. The number of morpholine rings is 1. The van der Waals surface area contributed by atoms with Gasteiger partial charge in [0.15, 0.2) is 0 Å². The summed E-state index contributed by atoms with van der Waals surface area (Å²) in [6, 6.07) is 7.64. The van der Waals surface area contributed by atoms with E-state index in [0.717, 1.165) is 24.0 Å². The Kier molecular flexibility index (Phi) is 3.00. The van der Waals surface area contributed by atoms with Crippen molar-refractivity contribution in [2.24, 2.45) is 0 Å². The Bertz CT molecular complexity index is 558. The maximum atomic E-state index is 12.1. The van der Waals surface area contributed by atoms with Crippen molar-refractivity contribution in [3.63, 3.8) is 0 Å². The lowest BCUT2D eigenvalue weighted by atomic mass is 10.1. The summed E-state index contributed by atoms with van der Waals surface area (Å²) in [6.45, 7) is 2.79. The van der Waals surface area contributed by atoms with Crippen LogP contribution < -0.4 is 5.43 Å². The van der Waals surface area contributed by atoms with Gasteiger partial charge in [-0.3, -0.25) is 10.2 Å². The Labute approximate surface area is 105 Å². The largest absolute Gasteiger partial charge is 0.379 e. The molecule has 0 spiro atoms. The topological polar surface area (TPSA) is 57.4 Å². The molecule has 2 aromatic rings. The van der Waals surface area contributed by atoms with Crippen molar-refractivity contribution < 1.29 is 9.53 Å². The molecular formula is C13H15N3O2. The summed E-state index contributed by atoms with van der Waals surface area (Å²) >= 11 is 0. The van der Waals surface area contributed by atoms with Crippen molar-refractivity contribution in [2.45, 2.75) is 0 Å². The number of H-pyrrole nitrogens is 1. The first-order valence-electron chi connectivity index (χ1n) is 6.04. The molecule has 1 saturated heterocycles. The third-order valence-corrected chi connectivity index (χ3v) is 3.09. The number of rotatable bonds is 2. The summed E-state index contributed by atoms with van der Waals surface area (Å²) in [5.41, 5.74) is 4.53. The molecule has 0 bridgehead atoms. The molecule has 0 saturated carbocycles. The molecule has 18 heavy (non-hydrogen) atoms. The third-order valence-electron chi connectivity index (χ3n) is 3.09. The number of carbonyl (C=O) groups excluding carboxylic acids is 1. The summed E-state index contributed by atoms with van der Waals surface area (Å²) < 4.78 is 5.24. The van der Waals surface area contributed by atoms with Crippen LogP contribution in [0.1, 0.15) is 10.4 Å². The van der Waals surface area contributed by atoms with Gasteiger partial charge in [0, 0.05) is 30.4 Å². The molecule has 1 aliphatic heterocycles. The molecule has 5 heteroatoms. The van der Waals surface area contributed by atoms with E-state index in [4.69, 9.17) is 4.74 Å². The predicted octanol–water partition coefficient (Wildman–Crippen LogP) is 1.14. The Morgan fingerprint density at radius 3 is 2.94 bits per heavy atom. The Morgan fingerprint density at radius 1 is 1.28 bits per heavy atom. The van der Waals surface area contributed by atoms with Crippen LogP contribution in [0.2, 0.25) is 0 Å². The van der Waals surface area contributed by atoms with Gasteiger partial charge in [-0.2, -0.15) is 0 Å². The van der Waals surface area contributed by atoms with Gasteiger partial charge in [-0.15, -0.1) is 0 Å². The van der Waals surface area contributed by atoms with Crippen LogP contribution in [0.4, 0.5) is 0 Å². The number of aromatic amines is 1. The van der Waals surface area contributed by atoms with Gasteiger partial charge in [-0.25, -0.2) is 5.01 Å². The second-order valence-electron chi connectivity index (χ2n) is 4.32. The van der Waals surface area contributed by atoms with E-state index in [1.807, 2.05) is 35.5 Å². The van der Waals surface area contributed by atoms with Gasteiger partial charge < -0.3 is 9.72 Å². The Balaban J connectivity index is 1.74. The lowest BCUT2D eigenvalue weighted by Crippen LogP contribution is -2.48. The SMILES string of the molecule is O=C(NN1CCOCC1)c1ccc2cc[nH]c2c1. The number of carbonyl (C=O) groups is 1. The van der Waals surface area contributed by atoms with Gasteiger partial charge in [0.25, 0.3) is 5.91 Å². The Hall–Kier alpha value is -1.85. The van der Waals surface area contributed by atoms with Gasteiger partial charge in [0.2, 0.25) is 0 Å². The minimum Gasteiger partial charge on any atom is -0.379 e. The fourth-order valence-electron chi connectivity index (χ4n) is 2.07. The van der Waals surface area contributed by atoms with E-state index < -0.39 is 0 Å². The average Bonchev–Trinajstić information content (AvgIpc) is 2.87. The van der Waals surface area contributed by atoms with Crippen LogP contribution in [0.3, 0.4) is 0 Å². The van der Waals surface area contributed by atoms with E-state index in [1.165, 1.54) is 0 Å². The molecule has 1 amide bonds. The first-order chi connectivity index (χ1) is 8.83. The van der Waals surface area contributed by atoms with Gasteiger partial charge in [-0.05, 0) is 23.6 Å². The third kappa shape index (κ3) is 2.23. The number of fused-ring (bicyclic) bond motifs is 1. The number of ether oxygens (including phenoxy) is 1. The molecule has 2 N–H and O–H groups in total. The quantitative estimate of drug-likeness (QED) is 0.834. The van der Waals surface area contributed by atoms with Crippen LogP contribution in [-0.2, 0) is 4.74 Å². The highest BCUT2D eigenvalue weighted by Crippen LogP contribution is 2.14. The lowest BCUT2D eigenvalue weighted by molar-refractivity contribution is 0.0126. The zero-order valence-electron chi connectivity index (χ0n) is 9.98. The minimum atomic E-state index is -0.0756. The number of hydrogen-bond acceptors (Lipinski definition) is 3. The molecule has 0 atom stereocenters. The summed E-state index contributed by atoms with van der Waals surface area (Å²) in [5, 5.41) is 3.00. The van der Waals surface area contributed by atoms with Crippen molar-refractivity contribution in [3.8, 4) is 0 Å². The van der Waals surface area contributed by atoms with Crippen LogP contribution in [0.5, 0.6) is 0 Å². The number of benzene rings is 1. The number of nitrogens with one attached hydrogen (secondary N) is 2. The van der Waals surface area contributed by atoms with E-state index in [-0.39, 0.29) is 5.91 Å². The molecule has 5 nitrogen and oxygen atoms in total. The zero-order valence-corrected chi connectivity index (χ0v) is 9.98. The first kappa shape index (κ1) is 11.3. The van der Waals surface area contributed by atoms with Crippen LogP contribution >= 0.6 is 0 Å². The highest BCUT2D eigenvalue weighted by Gasteiger charge is 2.14. The highest BCUT2D eigenvalue weighted by molar-refractivity contribution is 5.97. The molecule has 1 fully saturated rings. The van der Waals surface area contributed by atoms with E-state index in [1.54, 1.807) is 0 Å². The van der Waals surface area contributed by atoms with Gasteiger partial charge in [-0.1, -0.05) is 6.07 Å². The number of hydrazine groups is 1. The van der Waals surface area contributed by atoms with Crippen molar-refractivity contribution in [1.82, 2.24) is 15.4 Å². The molecule has 0 aliphatic carbocycles. The smallest absolute Gasteiger partial charge is 0.265 e. The zero-order chi connectivity index (χ0) is 12.4. The van der Waals surface area contributed by atoms with Crippen molar-refractivity contribution in [2.75, 3.05) is 26.3 Å². The number of aromatic nitrogens is 1. The average molecular weight is 245 g/mol. The van der Waals surface area contributed by atoms with Crippen molar-refractivity contribution in [1.29, 1.82) is 0 Å². The molecule has 1 aromatic heterocycles. The van der Waals surface area contributed by atoms with Gasteiger partial charge >= 0.3 is 0 Å². The fourth-order valence-corrected chi connectivity index (χ4v) is 2.07. The highest BCUT2D eigenvalue weighted by atomic mass is 16.5. The van der Waals surface area contributed by atoms with Crippen LogP contribution in [-0.4, -0.2) is 42.2 Å². The molecule has 3 rings (SSSR count). The maximum Gasteiger partial charge on any atom is 0.265 e. The summed E-state index contributed by atoms with van der Waals surface area (Å²) in [4.78, 5) is 15.2. The molecule has 0 unspecified atom stereocenters.